The summed E-state index contributed by atoms with van der Waals surface area (Å²) in [4.78, 5) is 14.3. The molecule has 2 aromatic rings. The summed E-state index contributed by atoms with van der Waals surface area (Å²) in [6.45, 7) is 5.92. The molecule has 0 aliphatic rings. The molecule has 0 saturated heterocycles. The van der Waals surface area contributed by atoms with Crippen molar-refractivity contribution in [2.45, 2.75) is 45.6 Å². The molecule has 0 aromatic heterocycles. The van der Waals surface area contributed by atoms with Gasteiger partial charge in [0.15, 0.2) is 0 Å². The number of rotatable bonds is 7. The number of halogens is 3. The summed E-state index contributed by atoms with van der Waals surface area (Å²) in [5, 5.41) is 2.92. The predicted molar refractivity (Wildman–Crippen MR) is 103 cm³/mol. The summed E-state index contributed by atoms with van der Waals surface area (Å²) in [5.41, 5.74) is 2.11. The Morgan fingerprint density at radius 1 is 1.07 bits per heavy atom. The van der Waals surface area contributed by atoms with Crippen LogP contribution in [0, 0.1) is 0 Å². The van der Waals surface area contributed by atoms with Crippen molar-refractivity contribution in [1.29, 1.82) is 0 Å². The minimum absolute atomic E-state index is 0.132. The SMILES string of the molecule is CC(C)c1ccccc1NC(=O)C(C)N(C)Cc1ccccc1OC(F)(F)F. The van der Waals surface area contributed by atoms with E-state index < -0.39 is 12.4 Å². The largest absolute Gasteiger partial charge is 0.573 e. The second kappa shape index (κ2) is 9.10. The van der Waals surface area contributed by atoms with Gasteiger partial charge in [0.1, 0.15) is 5.75 Å². The van der Waals surface area contributed by atoms with Crippen molar-refractivity contribution in [2.24, 2.45) is 0 Å². The number of nitrogens with zero attached hydrogens (tertiary/aromatic N) is 1. The fourth-order valence-electron chi connectivity index (χ4n) is 2.82. The molecule has 2 aromatic carbocycles. The lowest BCUT2D eigenvalue weighted by Gasteiger charge is -2.25. The quantitative estimate of drug-likeness (QED) is 0.705. The number of alkyl halides is 3. The molecule has 1 amide bonds. The zero-order chi connectivity index (χ0) is 20.9. The van der Waals surface area contributed by atoms with Gasteiger partial charge in [-0.25, -0.2) is 0 Å². The average Bonchev–Trinajstić information content (AvgIpc) is 2.61. The summed E-state index contributed by atoms with van der Waals surface area (Å²) in [5.74, 6) is -0.250. The zero-order valence-electron chi connectivity index (χ0n) is 16.4. The Morgan fingerprint density at radius 2 is 1.68 bits per heavy atom. The van der Waals surface area contributed by atoms with Crippen LogP contribution in [0.15, 0.2) is 48.5 Å². The molecule has 4 nitrogen and oxygen atoms in total. The standard InChI is InChI=1S/C21H25F3N2O2/c1-14(2)17-10-6-7-11-18(17)25-20(27)15(3)26(4)13-16-9-5-8-12-19(16)28-21(22,23)24/h5-12,14-15H,13H2,1-4H3,(H,25,27). The maximum Gasteiger partial charge on any atom is 0.573 e. The van der Waals surface area contributed by atoms with Crippen LogP contribution in [0.1, 0.15) is 37.8 Å². The van der Waals surface area contributed by atoms with E-state index in [4.69, 9.17) is 0 Å². The number of para-hydroxylation sites is 2. The molecule has 0 heterocycles. The highest BCUT2D eigenvalue weighted by Crippen LogP contribution is 2.28. The molecular formula is C21H25F3N2O2. The van der Waals surface area contributed by atoms with Crippen molar-refractivity contribution in [3.8, 4) is 5.75 Å². The van der Waals surface area contributed by atoms with Gasteiger partial charge >= 0.3 is 6.36 Å². The van der Waals surface area contributed by atoms with Crippen molar-refractivity contribution in [3.63, 3.8) is 0 Å². The number of likely N-dealkylation sites (N-methyl/N-ethyl adjacent to an activating group) is 1. The van der Waals surface area contributed by atoms with Gasteiger partial charge in [-0.15, -0.1) is 13.2 Å². The van der Waals surface area contributed by atoms with Crippen LogP contribution in [0.4, 0.5) is 18.9 Å². The minimum atomic E-state index is -4.77. The van der Waals surface area contributed by atoms with Gasteiger partial charge in [-0.2, -0.15) is 0 Å². The van der Waals surface area contributed by atoms with Gasteiger partial charge in [0.25, 0.3) is 0 Å². The molecule has 1 unspecified atom stereocenters. The number of ether oxygens (including phenoxy) is 1. The number of carbonyl (C=O) groups excluding carboxylic acids is 1. The molecule has 0 saturated carbocycles. The van der Waals surface area contributed by atoms with E-state index >= 15 is 0 Å². The first-order chi connectivity index (χ1) is 13.1. The first-order valence-electron chi connectivity index (χ1n) is 9.02. The monoisotopic (exact) mass is 394 g/mol. The minimum Gasteiger partial charge on any atom is -0.405 e. The third kappa shape index (κ3) is 5.99. The number of carbonyl (C=O) groups is 1. The summed E-state index contributed by atoms with van der Waals surface area (Å²) < 4.78 is 41.9. The van der Waals surface area contributed by atoms with Crippen LogP contribution in [0.5, 0.6) is 5.75 Å². The number of benzene rings is 2. The van der Waals surface area contributed by atoms with Crippen molar-refractivity contribution >= 4 is 11.6 Å². The van der Waals surface area contributed by atoms with Crippen LogP contribution in [0.2, 0.25) is 0 Å². The van der Waals surface area contributed by atoms with Crippen LogP contribution >= 0.6 is 0 Å². The number of hydrogen-bond acceptors (Lipinski definition) is 3. The van der Waals surface area contributed by atoms with E-state index in [-0.39, 0.29) is 24.1 Å². The maximum atomic E-state index is 12.7. The lowest BCUT2D eigenvalue weighted by Crippen LogP contribution is -2.39. The van der Waals surface area contributed by atoms with Gasteiger partial charge in [-0.05, 0) is 37.6 Å². The van der Waals surface area contributed by atoms with Crippen LogP contribution in [-0.4, -0.2) is 30.3 Å². The van der Waals surface area contributed by atoms with Crippen LogP contribution in [-0.2, 0) is 11.3 Å². The van der Waals surface area contributed by atoms with E-state index in [0.29, 0.717) is 5.56 Å². The smallest absolute Gasteiger partial charge is 0.405 e. The third-order valence-electron chi connectivity index (χ3n) is 4.50. The topological polar surface area (TPSA) is 41.6 Å². The normalized spacial score (nSPS) is 12.9. The van der Waals surface area contributed by atoms with Crippen LogP contribution in [0.3, 0.4) is 0 Å². The van der Waals surface area contributed by atoms with Crippen LogP contribution in [0.25, 0.3) is 0 Å². The lowest BCUT2D eigenvalue weighted by molar-refractivity contribution is -0.275. The van der Waals surface area contributed by atoms with Gasteiger partial charge in [0.05, 0.1) is 6.04 Å². The van der Waals surface area contributed by atoms with Gasteiger partial charge in [-0.1, -0.05) is 50.2 Å². The fourth-order valence-corrected chi connectivity index (χ4v) is 2.82. The molecule has 0 spiro atoms. The van der Waals surface area contributed by atoms with E-state index in [1.807, 2.05) is 38.1 Å². The second-order valence-corrected chi connectivity index (χ2v) is 6.98. The highest BCUT2D eigenvalue weighted by atomic mass is 19.4. The van der Waals surface area contributed by atoms with E-state index in [1.54, 1.807) is 31.0 Å². The first kappa shape index (κ1) is 21.8. The second-order valence-electron chi connectivity index (χ2n) is 6.98. The molecule has 0 aliphatic carbocycles. The molecule has 1 atom stereocenters. The highest BCUT2D eigenvalue weighted by Gasteiger charge is 2.32. The van der Waals surface area contributed by atoms with Crippen molar-refractivity contribution in [1.82, 2.24) is 4.90 Å². The fraction of sp³-hybridized carbons (Fsp3) is 0.381. The van der Waals surface area contributed by atoms with Gasteiger partial charge in [0.2, 0.25) is 5.91 Å². The molecular weight excluding hydrogens is 369 g/mol. The van der Waals surface area contributed by atoms with Gasteiger partial charge < -0.3 is 10.1 Å². The number of amides is 1. The summed E-state index contributed by atoms with van der Waals surface area (Å²) in [7, 11) is 1.68. The molecule has 0 fully saturated rings. The molecule has 2 rings (SSSR count). The highest BCUT2D eigenvalue weighted by molar-refractivity contribution is 5.95. The molecule has 152 valence electrons. The van der Waals surface area contributed by atoms with Crippen molar-refractivity contribution in [3.05, 3.63) is 59.7 Å². The van der Waals surface area contributed by atoms with Crippen LogP contribution < -0.4 is 10.1 Å². The zero-order valence-corrected chi connectivity index (χ0v) is 16.4. The van der Waals surface area contributed by atoms with E-state index in [2.05, 4.69) is 10.1 Å². The Morgan fingerprint density at radius 3 is 2.32 bits per heavy atom. The van der Waals surface area contributed by atoms with Gasteiger partial charge in [0, 0.05) is 17.8 Å². The molecule has 0 bridgehead atoms. The van der Waals surface area contributed by atoms with Crippen molar-refractivity contribution < 1.29 is 22.7 Å². The number of nitrogens with one attached hydrogen (secondary N) is 1. The first-order valence-corrected chi connectivity index (χ1v) is 9.02. The molecule has 0 aliphatic heterocycles. The summed E-state index contributed by atoms with van der Waals surface area (Å²) >= 11 is 0. The maximum absolute atomic E-state index is 12.7. The number of hydrogen-bond donors (Lipinski definition) is 1. The van der Waals surface area contributed by atoms with Crippen molar-refractivity contribution in [2.75, 3.05) is 12.4 Å². The van der Waals surface area contributed by atoms with Gasteiger partial charge in [-0.3, -0.25) is 9.69 Å². The Balaban J connectivity index is 2.09. The Bertz CT molecular complexity index is 806. The molecule has 1 N–H and O–H groups in total. The summed E-state index contributed by atoms with van der Waals surface area (Å²) in [6.07, 6.45) is -4.77. The van der Waals surface area contributed by atoms with E-state index in [9.17, 15) is 18.0 Å². The predicted octanol–water partition coefficient (Wildman–Crippen LogP) is 5.17. The molecule has 28 heavy (non-hydrogen) atoms. The Kier molecular flexibility index (Phi) is 7.07. The van der Waals surface area contributed by atoms with E-state index in [0.717, 1.165) is 11.3 Å². The Labute approximate surface area is 163 Å². The molecule has 7 heteroatoms. The average molecular weight is 394 g/mol. The summed E-state index contributed by atoms with van der Waals surface area (Å²) in [6, 6.07) is 12.9. The Hall–Kier alpha value is -2.54. The molecule has 0 radical (unpaired) electrons. The third-order valence-corrected chi connectivity index (χ3v) is 4.50. The van der Waals surface area contributed by atoms with E-state index in [1.165, 1.54) is 12.1 Å². The lowest BCUT2D eigenvalue weighted by atomic mass is 10.0. The number of anilines is 1.